The van der Waals surface area contributed by atoms with E-state index in [9.17, 15) is 0 Å². The number of ether oxygens (including phenoxy) is 1. The van der Waals surface area contributed by atoms with Gasteiger partial charge in [0.1, 0.15) is 0 Å². The van der Waals surface area contributed by atoms with Crippen molar-refractivity contribution in [2.24, 2.45) is 0 Å². The number of aryl methyl sites for hydroxylation is 1. The number of anilines is 1. The number of benzene rings is 1. The van der Waals surface area contributed by atoms with Crippen LogP contribution in [0.5, 0.6) is 0 Å². The van der Waals surface area contributed by atoms with Crippen LogP contribution in [-0.2, 0) is 11.3 Å². The fraction of sp³-hybridized carbons (Fsp3) is 0.389. The van der Waals surface area contributed by atoms with E-state index >= 15 is 0 Å². The van der Waals surface area contributed by atoms with Crippen molar-refractivity contribution in [3.63, 3.8) is 0 Å². The van der Waals surface area contributed by atoms with Crippen molar-refractivity contribution in [2.45, 2.75) is 32.2 Å². The van der Waals surface area contributed by atoms with Gasteiger partial charge in [-0.3, -0.25) is 0 Å². The summed E-state index contributed by atoms with van der Waals surface area (Å²) < 4.78 is 7.37. The average molecular weight is 323 g/mol. The molecule has 3 heterocycles. The van der Waals surface area contributed by atoms with Crippen molar-refractivity contribution >= 4 is 11.7 Å². The summed E-state index contributed by atoms with van der Waals surface area (Å²) in [5, 5.41) is 7.93. The normalized spacial score (nSPS) is 15.7. The van der Waals surface area contributed by atoms with Crippen LogP contribution >= 0.6 is 0 Å². The summed E-state index contributed by atoms with van der Waals surface area (Å²) in [6, 6.07) is 12.4. The van der Waals surface area contributed by atoms with E-state index in [-0.39, 0.29) is 0 Å². The Kier molecular flexibility index (Phi) is 4.13. The van der Waals surface area contributed by atoms with E-state index in [1.807, 2.05) is 29.6 Å². The summed E-state index contributed by atoms with van der Waals surface area (Å²) in [5.74, 6) is 1.73. The highest BCUT2D eigenvalue weighted by molar-refractivity contribution is 5.40. The molecule has 0 spiro atoms. The number of fused-ring (bicyclic) bond motifs is 1. The highest BCUT2D eigenvalue weighted by atomic mass is 16.5. The zero-order chi connectivity index (χ0) is 16.4. The molecule has 24 heavy (non-hydrogen) atoms. The molecule has 0 radical (unpaired) electrons. The maximum atomic E-state index is 5.48. The molecule has 1 fully saturated rings. The molecule has 3 aromatic rings. The molecule has 2 aromatic heterocycles. The molecule has 4 rings (SSSR count). The standard InChI is InChI=1S/C18H21N5O/c1-13-11-16(15-7-9-24-10-8-15)23-18(20-13)21-17(22-23)19-12-14-5-3-2-4-6-14/h2-6,11,15H,7-10,12H2,1H3,(H,19,22). The van der Waals surface area contributed by atoms with Gasteiger partial charge in [-0.15, -0.1) is 5.10 Å². The Morgan fingerprint density at radius 2 is 1.96 bits per heavy atom. The van der Waals surface area contributed by atoms with Gasteiger partial charge in [-0.25, -0.2) is 4.98 Å². The second-order valence-electron chi connectivity index (χ2n) is 6.20. The quantitative estimate of drug-likeness (QED) is 0.800. The molecule has 1 aromatic carbocycles. The molecular weight excluding hydrogens is 302 g/mol. The summed E-state index contributed by atoms with van der Waals surface area (Å²) in [5.41, 5.74) is 3.36. The number of nitrogens with one attached hydrogen (secondary N) is 1. The first-order valence-electron chi connectivity index (χ1n) is 8.39. The minimum absolute atomic E-state index is 0.451. The molecule has 0 saturated carbocycles. The van der Waals surface area contributed by atoms with Crippen molar-refractivity contribution < 1.29 is 4.74 Å². The van der Waals surface area contributed by atoms with E-state index in [1.165, 1.54) is 11.3 Å². The summed E-state index contributed by atoms with van der Waals surface area (Å²) in [7, 11) is 0. The Bertz CT molecular complexity index is 824. The van der Waals surface area contributed by atoms with Crippen LogP contribution in [0.1, 0.15) is 35.7 Å². The van der Waals surface area contributed by atoms with E-state index in [2.05, 4.69) is 38.6 Å². The van der Waals surface area contributed by atoms with Crippen molar-refractivity contribution in [1.82, 2.24) is 19.6 Å². The van der Waals surface area contributed by atoms with Crippen LogP contribution in [-0.4, -0.2) is 32.8 Å². The third kappa shape index (κ3) is 3.10. The van der Waals surface area contributed by atoms with Crippen molar-refractivity contribution in [3.05, 3.63) is 53.3 Å². The Hall–Kier alpha value is -2.47. The summed E-state index contributed by atoms with van der Waals surface area (Å²) >= 11 is 0. The Morgan fingerprint density at radius 1 is 1.17 bits per heavy atom. The molecule has 1 N–H and O–H groups in total. The monoisotopic (exact) mass is 323 g/mol. The predicted molar refractivity (Wildman–Crippen MR) is 92.1 cm³/mol. The first-order valence-corrected chi connectivity index (χ1v) is 8.39. The van der Waals surface area contributed by atoms with E-state index in [0.717, 1.165) is 31.7 Å². The third-order valence-electron chi connectivity index (χ3n) is 4.40. The van der Waals surface area contributed by atoms with Crippen molar-refractivity contribution in [2.75, 3.05) is 18.5 Å². The highest BCUT2D eigenvalue weighted by Gasteiger charge is 2.21. The minimum atomic E-state index is 0.451. The second kappa shape index (κ2) is 6.57. The van der Waals surface area contributed by atoms with Crippen LogP contribution in [0.4, 0.5) is 5.95 Å². The lowest BCUT2D eigenvalue weighted by atomic mass is 9.96. The molecule has 1 aliphatic heterocycles. The molecule has 124 valence electrons. The largest absolute Gasteiger partial charge is 0.381 e. The van der Waals surface area contributed by atoms with Gasteiger partial charge in [-0.2, -0.15) is 9.50 Å². The van der Waals surface area contributed by atoms with E-state index in [4.69, 9.17) is 4.74 Å². The Balaban J connectivity index is 1.62. The minimum Gasteiger partial charge on any atom is -0.381 e. The van der Waals surface area contributed by atoms with Crippen LogP contribution in [0.15, 0.2) is 36.4 Å². The molecule has 1 aliphatic rings. The number of hydrogen-bond acceptors (Lipinski definition) is 5. The zero-order valence-corrected chi connectivity index (χ0v) is 13.8. The van der Waals surface area contributed by atoms with Crippen LogP contribution in [0.25, 0.3) is 5.78 Å². The van der Waals surface area contributed by atoms with Gasteiger partial charge in [0.25, 0.3) is 5.78 Å². The molecule has 6 heteroatoms. The molecule has 0 atom stereocenters. The first-order chi connectivity index (χ1) is 11.8. The van der Waals surface area contributed by atoms with Gasteiger partial charge in [0.15, 0.2) is 0 Å². The van der Waals surface area contributed by atoms with Crippen LogP contribution in [0.2, 0.25) is 0 Å². The maximum Gasteiger partial charge on any atom is 0.254 e. The summed E-state index contributed by atoms with van der Waals surface area (Å²) in [6.07, 6.45) is 2.04. The average Bonchev–Trinajstić information content (AvgIpc) is 3.03. The fourth-order valence-electron chi connectivity index (χ4n) is 3.15. The van der Waals surface area contributed by atoms with E-state index in [0.29, 0.717) is 24.2 Å². The lowest BCUT2D eigenvalue weighted by molar-refractivity contribution is 0.0840. The van der Waals surface area contributed by atoms with Crippen molar-refractivity contribution in [1.29, 1.82) is 0 Å². The molecule has 6 nitrogen and oxygen atoms in total. The van der Waals surface area contributed by atoms with Crippen LogP contribution in [0, 0.1) is 6.92 Å². The van der Waals surface area contributed by atoms with Gasteiger partial charge < -0.3 is 10.1 Å². The summed E-state index contributed by atoms with van der Waals surface area (Å²) in [6.45, 7) is 4.32. The first kappa shape index (κ1) is 15.1. The Labute approximate surface area is 140 Å². The van der Waals surface area contributed by atoms with Gasteiger partial charge in [0.2, 0.25) is 5.95 Å². The number of nitrogens with zero attached hydrogens (tertiary/aromatic N) is 4. The Morgan fingerprint density at radius 3 is 2.75 bits per heavy atom. The SMILES string of the molecule is Cc1cc(C2CCOCC2)n2nc(NCc3ccccc3)nc2n1. The van der Waals surface area contributed by atoms with Crippen LogP contribution < -0.4 is 5.32 Å². The highest BCUT2D eigenvalue weighted by Crippen LogP contribution is 2.27. The summed E-state index contributed by atoms with van der Waals surface area (Å²) in [4.78, 5) is 9.07. The maximum absolute atomic E-state index is 5.48. The predicted octanol–water partition coefficient (Wildman–Crippen LogP) is 2.94. The smallest absolute Gasteiger partial charge is 0.254 e. The second-order valence-corrected chi connectivity index (χ2v) is 6.20. The van der Waals surface area contributed by atoms with Gasteiger partial charge in [-0.1, -0.05) is 30.3 Å². The third-order valence-corrected chi connectivity index (χ3v) is 4.40. The molecule has 1 saturated heterocycles. The van der Waals surface area contributed by atoms with Crippen molar-refractivity contribution in [3.8, 4) is 0 Å². The number of rotatable bonds is 4. The zero-order valence-electron chi connectivity index (χ0n) is 13.8. The lowest BCUT2D eigenvalue weighted by Gasteiger charge is -2.22. The number of aromatic nitrogens is 4. The molecule has 0 bridgehead atoms. The van der Waals surface area contributed by atoms with E-state index in [1.54, 1.807) is 0 Å². The molecule has 0 amide bonds. The number of hydrogen-bond donors (Lipinski definition) is 1. The van der Waals surface area contributed by atoms with Crippen LogP contribution in [0.3, 0.4) is 0 Å². The van der Waals surface area contributed by atoms with Gasteiger partial charge in [-0.05, 0) is 31.4 Å². The van der Waals surface area contributed by atoms with Gasteiger partial charge >= 0.3 is 0 Å². The fourth-order valence-corrected chi connectivity index (χ4v) is 3.15. The molecular formula is C18H21N5O. The lowest BCUT2D eigenvalue weighted by Crippen LogP contribution is -2.17. The molecule has 0 unspecified atom stereocenters. The molecule has 0 aliphatic carbocycles. The van der Waals surface area contributed by atoms with Gasteiger partial charge in [0, 0.05) is 31.4 Å². The van der Waals surface area contributed by atoms with Gasteiger partial charge in [0.05, 0.1) is 5.69 Å². The topological polar surface area (TPSA) is 64.3 Å². The van der Waals surface area contributed by atoms with E-state index < -0.39 is 0 Å².